The van der Waals surface area contributed by atoms with Crippen molar-refractivity contribution in [3.8, 4) is 0 Å². The Kier molecular flexibility index (Phi) is 1.85. The highest BCUT2D eigenvalue weighted by atomic mass is 79.9. The highest BCUT2D eigenvalue weighted by Crippen LogP contribution is 2.35. The van der Waals surface area contributed by atoms with Crippen molar-refractivity contribution >= 4 is 43.0 Å². The Morgan fingerprint density at radius 2 is 2.17 bits per heavy atom. The Labute approximate surface area is 83.3 Å². The van der Waals surface area contributed by atoms with Crippen LogP contribution in [0.15, 0.2) is 22.0 Å². The van der Waals surface area contributed by atoms with Crippen LogP contribution in [0.4, 0.5) is 5.69 Å². The zero-order valence-electron chi connectivity index (χ0n) is 6.60. The predicted molar refractivity (Wildman–Crippen MR) is 58.7 cm³/mol. The van der Waals surface area contributed by atoms with Crippen LogP contribution in [-0.4, -0.2) is 0 Å². The van der Waals surface area contributed by atoms with E-state index in [0.29, 0.717) is 0 Å². The Balaban J connectivity index is 2.96. The molecule has 2 aromatic rings. The Morgan fingerprint density at radius 3 is 2.92 bits per heavy atom. The summed E-state index contributed by atoms with van der Waals surface area (Å²) in [6.07, 6.45) is 0. The van der Waals surface area contributed by atoms with Gasteiger partial charge in [0.1, 0.15) is 0 Å². The van der Waals surface area contributed by atoms with E-state index in [1.54, 1.807) is 11.3 Å². The van der Waals surface area contributed by atoms with Gasteiger partial charge in [0.25, 0.3) is 0 Å². The first-order chi connectivity index (χ1) is 5.70. The van der Waals surface area contributed by atoms with E-state index in [1.165, 1.54) is 10.3 Å². The quantitative estimate of drug-likeness (QED) is 0.751. The van der Waals surface area contributed by atoms with Crippen molar-refractivity contribution in [3.05, 3.63) is 27.5 Å². The first-order valence-electron chi connectivity index (χ1n) is 3.62. The average molecular weight is 242 g/mol. The van der Waals surface area contributed by atoms with E-state index in [9.17, 15) is 0 Å². The molecule has 1 aromatic carbocycles. The van der Waals surface area contributed by atoms with E-state index >= 15 is 0 Å². The largest absolute Gasteiger partial charge is 0.398 e. The molecule has 2 rings (SSSR count). The summed E-state index contributed by atoms with van der Waals surface area (Å²) in [4.78, 5) is 0. The fraction of sp³-hybridized carbons (Fsp3) is 0.111. The molecule has 2 N–H and O–H groups in total. The van der Waals surface area contributed by atoms with Crippen molar-refractivity contribution < 1.29 is 0 Å². The first-order valence-corrected chi connectivity index (χ1v) is 5.29. The first kappa shape index (κ1) is 8.08. The second kappa shape index (κ2) is 2.75. The zero-order chi connectivity index (χ0) is 8.72. The van der Waals surface area contributed by atoms with Gasteiger partial charge in [-0.1, -0.05) is 6.07 Å². The van der Waals surface area contributed by atoms with Crippen molar-refractivity contribution in [1.29, 1.82) is 0 Å². The van der Waals surface area contributed by atoms with Crippen LogP contribution in [0.1, 0.15) is 5.56 Å². The van der Waals surface area contributed by atoms with Gasteiger partial charge < -0.3 is 5.73 Å². The highest BCUT2D eigenvalue weighted by molar-refractivity contribution is 9.10. The Hall–Kier alpha value is -0.540. The molecule has 0 saturated carbocycles. The van der Waals surface area contributed by atoms with Gasteiger partial charge in [0, 0.05) is 19.9 Å². The minimum atomic E-state index is 0.866. The number of nitrogen functional groups attached to an aromatic ring is 1. The molecule has 1 aromatic heterocycles. The zero-order valence-corrected chi connectivity index (χ0v) is 9.00. The number of halogens is 1. The lowest BCUT2D eigenvalue weighted by molar-refractivity contribution is 1.48. The summed E-state index contributed by atoms with van der Waals surface area (Å²) in [5.74, 6) is 0. The van der Waals surface area contributed by atoms with Crippen molar-refractivity contribution in [2.24, 2.45) is 0 Å². The molecule has 0 saturated heterocycles. The monoisotopic (exact) mass is 241 g/mol. The van der Waals surface area contributed by atoms with Gasteiger partial charge in [0.2, 0.25) is 0 Å². The maximum atomic E-state index is 5.83. The molecule has 12 heavy (non-hydrogen) atoms. The maximum Gasteiger partial charge on any atom is 0.0514 e. The summed E-state index contributed by atoms with van der Waals surface area (Å²) in [6.45, 7) is 2.07. The van der Waals surface area contributed by atoms with Crippen molar-refractivity contribution in [3.63, 3.8) is 0 Å². The Bertz CT molecular complexity index is 433. The van der Waals surface area contributed by atoms with E-state index in [0.717, 1.165) is 15.5 Å². The van der Waals surface area contributed by atoms with Gasteiger partial charge in [-0.05, 0) is 34.5 Å². The van der Waals surface area contributed by atoms with Gasteiger partial charge in [-0.25, -0.2) is 0 Å². The molecule has 0 spiro atoms. The number of benzene rings is 1. The number of hydrogen-bond acceptors (Lipinski definition) is 2. The molecular weight excluding hydrogens is 234 g/mol. The maximum absolute atomic E-state index is 5.83. The van der Waals surface area contributed by atoms with Crippen LogP contribution in [-0.2, 0) is 0 Å². The van der Waals surface area contributed by atoms with Crippen LogP contribution >= 0.6 is 27.3 Å². The number of nitrogens with two attached hydrogens (primary N) is 1. The van der Waals surface area contributed by atoms with Crippen LogP contribution in [0.2, 0.25) is 0 Å². The van der Waals surface area contributed by atoms with Crippen molar-refractivity contribution in [2.75, 3.05) is 5.73 Å². The van der Waals surface area contributed by atoms with E-state index in [4.69, 9.17) is 5.73 Å². The lowest BCUT2D eigenvalue weighted by Gasteiger charge is -1.99. The topological polar surface area (TPSA) is 26.0 Å². The molecule has 0 aliphatic carbocycles. The molecule has 0 aliphatic heterocycles. The van der Waals surface area contributed by atoms with Crippen LogP contribution in [0.5, 0.6) is 0 Å². The van der Waals surface area contributed by atoms with Crippen LogP contribution in [0.3, 0.4) is 0 Å². The van der Waals surface area contributed by atoms with Crippen LogP contribution in [0.25, 0.3) is 10.1 Å². The third-order valence-corrected chi connectivity index (χ3v) is 3.89. The molecule has 1 nitrogen and oxygen atoms in total. The summed E-state index contributed by atoms with van der Waals surface area (Å²) in [5, 5.41) is 3.13. The molecule has 0 amide bonds. The number of hydrogen-bond donors (Lipinski definition) is 1. The van der Waals surface area contributed by atoms with E-state index in [1.807, 2.05) is 5.38 Å². The third kappa shape index (κ3) is 1.04. The fourth-order valence-electron chi connectivity index (χ4n) is 1.22. The summed E-state index contributed by atoms with van der Waals surface area (Å²) < 4.78 is 2.36. The standard InChI is InChI=1S/C9H8BrNS/c1-5-2-3-7-8(9(5)10)6(11)4-12-7/h2-4H,11H2,1H3. The van der Waals surface area contributed by atoms with E-state index in [2.05, 4.69) is 35.0 Å². The highest BCUT2D eigenvalue weighted by Gasteiger charge is 2.06. The van der Waals surface area contributed by atoms with Gasteiger partial charge in [0.05, 0.1) is 5.69 Å². The summed E-state index contributed by atoms with van der Waals surface area (Å²) in [5.41, 5.74) is 7.92. The van der Waals surface area contributed by atoms with Crippen molar-refractivity contribution in [2.45, 2.75) is 6.92 Å². The fourth-order valence-corrected chi connectivity index (χ4v) is 2.78. The van der Waals surface area contributed by atoms with Gasteiger partial charge in [-0.15, -0.1) is 11.3 Å². The van der Waals surface area contributed by atoms with Gasteiger partial charge >= 0.3 is 0 Å². The number of fused-ring (bicyclic) bond motifs is 1. The minimum absolute atomic E-state index is 0.866. The second-order valence-electron chi connectivity index (χ2n) is 2.76. The molecule has 0 radical (unpaired) electrons. The number of thiophene rings is 1. The van der Waals surface area contributed by atoms with Crippen LogP contribution in [0, 0.1) is 6.92 Å². The third-order valence-electron chi connectivity index (χ3n) is 1.90. The minimum Gasteiger partial charge on any atom is -0.398 e. The Morgan fingerprint density at radius 1 is 1.42 bits per heavy atom. The smallest absolute Gasteiger partial charge is 0.0514 e. The molecule has 0 unspecified atom stereocenters. The summed E-state index contributed by atoms with van der Waals surface area (Å²) in [7, 11) is 0. The number of rotatable bonds is 0. The van der Waals surface area contributed by atoms with E-state index in [-0.39, 0.29) is 0 Å². The molecule has 1 heterocycles. The van der Waals surface area contributed by atoms with Gasteiger partial charge in [0.15, 0.2) is 0 Å². The normalized spacial score (nSPS) is 10.8. The average Bonchev–Trinajstić information content (AvgIpc) is 2.41. The molecule has 0 bridgehead atoms. The lowest BCUT2D eigenvalue weighted by atomic mass is 10.2. The molecule has 0 fully saturated rings. The lowest BCUT2D eigenvalue weighted by Crippen LogP contribution is -1.83. The molecule has 62 valence electrons. The van der Waals surface area contributed by atoms with Crippen LogP contribution < -0.4 is 5.73 Å². The molecular formula is C9H8BrNS. The summed E-state index contributed by atoms with van der Waals surface area (Å²) in [6, 6.07) is 4.21. The van der Waals surface area contributed by atoms with E-state index < -0.39 is 0 Å². The molecule has 0 aliphatic rings. The molecule has 3 heteroatoms. The summed E-state index contributed by atoms with van der Waals surface area (Å²) >= 11 is 5.22. The van der Waals surface area contributed by atoms with Gasteiger partial charge in [-0.3, -0.25) is 0 Å². The predicted octanol–water partition coefficient (Wildman–Crippen LogP) is 3.55. The SMILES string of the molecule is Cc1ccc2scc(N)c2c1Br. The van der Waals surface area contributed by atoms with Gasteiger partial charge in [-0.2, -0.15) is 0 Å². The number of aryl methyl sites for hydroxylation is 1. The molecule has 0 atom stereocenters. The number of anilines is 1. The second-order valence-corrected chi connectivity index (χ2v) is 4.46. The van der Waals surface area contributed by atoms with Crippen molar-refractivity contribution in [1.82, 2.24) is 0 Å².